The average Bonchev–Trinajstić information content (AvgIpc) is 3.02. The molecule has 4 N–H and O–H groups in total. The van der Waals surface area contributed by atoms with Gasteiger partial charge in [-0.25, -0.2) is 27.9 Å². The number of benzene rings is 2. The van der Waals surface area contributed by atoms with Gasteiger partial charge in [-0.1, -0.05) is 12.1 Å². The molecule has 10 heteroatoms. The number of halogens is 1. The van der Waals surface area contributed by atoms with Crippen molar-refractivity contribution in [3.63, 3.8) is 0 Å². The number of aryl methyl sites for hydroxylation is 1. The molecule has 154 valence electrons. The van der Waals surface area contributed by atoms with Crippen molar-refractivity contribution < 1.29 is 17.9 Å². The average molecular weight is 427 g/mol. The Morgan fingerprint density at radius 2 is 1.93 bits per heavy atom. The number of nitrogens with one attached hydrogen (secondary N) is 1. The maximum atomic E-state index is 14.4. The van der Waals surface area contributed by atoms with Crippen LogP contribution in [0.1, 0.15) is 11.3 Å². The molecule has 2 aromatic carbocycles. The van der Waals surface area contributed by atoms with Crippen molar-refractivity contribution in [2.24, 2.45) is 5.14 Å². The predicted octanol–water partition coefficient (Wildman–Crippen LogP) is 2.81. The maximum absolute atomic E-state index is 14.4. The summed E-state index contributed by atoms with van der Waals surface area (Å²) in [5, 5.41) is 17.8. The van der Waals surface area contributed by atoms with Crippen molar-refractivity contribution in [1.29, 1.82) is 0 Å². The lowest BCUT2D eigenvalue weighted by Crippen LogP contribution is -2.12. The molecule has 2 aromatic heterocycles. The molecule has 0 atom stereocenters. The van der Waals surface area contributed by atoms with E-state index in [0.717, 1.165) is 11.6 Å². The third-order valence-electron chi connectivity index (χ3n) is 4.64. The second-order valence-electron chi connectivity index (χ2n) is 6.72. The van der Waals surface area contributed by atoms with E-state index in [4.69, 9.17) is 5.14 Å². The number of fused-ring (bicyclic) bond motifs is 1. The fourth-order valence-corrected chi connectivity index (χ4v) is 3.73. The van der Waals surface area contributed by atoms with Crippen LogP contribution in [-0.2, 0) is 16.6 Å². The molecular formula is C20H18FN5O3S. The van der Waals surface area contributed by atoms with Gasteiger partial charge >= 0.3 is 0 Å². The van der Waals surface area contributed by atoms with Crippen molar-refractivity contribution >= 4 is 21.5 Å². The minimum atomic E-state index is -3.74. The lowest BCUT2D eigenvalue weighted by molar-refractivity contribution is 0.469. The number of sulfonamides is 1. The van der Waals surface area contributed by atoms with Crippen molar-refractivity contribution in [2.75, 3.05) is 5.32 Å². The van der Waals surface area contributed by atoms with Crippen LogP contribution in [-0.4, -0.2) is 27.9 Å². The third-order valence-corrected chi connectivity index (χ3v) is 5.57. The molecule has 0 spiro atoms. The predicted molar refractivity (Wildman–Crippen MR) is 110 cm³/mol. The summed E-state index contributed by atoms with van der Waals surface area (Å²) in [6.07, 6.45) is 3.26. The van der Waals surface area contributed by atoms with Crippen molar-refractivity contribution in [2.45, 2.75) is 18.4 Å². The molecule has 0 saturated carbocycles. The van der Waals surface area contributed by atoms with Gasteiger partial charge in [-0.05, 0) is 36.8 Å². The van der Waals surface area contributed by atoms with E-state index in [0.29, 0.717) is 35.0 Å². The Morgan fingerprint density at radius 1 is 1.20 bits per heavy atom. The van der Waals surface area contributed by atoms with Crippen molar-refractivity contribution in [3.8, 4) is 17.0 Å². The zero-order chi connectivity index (χ0) is 21.5. The zero-order valence-corrected chi connectivity index (χ0v) is 16.7. The Balaban J connectivity index is 1.66. The molecule has 0 unspecified atom stereocenters. The first-order valence-electron chi connectivity index (χ1n) is 8.92. The molecule has 0 aliphatic rings. The summed E-state index contributed by atoms with van der Waals surface area (Å²) in [5.41, 5.74) is 2.81. The molecule has 4 aromatic rings. The number of hydrogen-bond donors (Lipinski definition) is 3. The van der Waals surface area contributed by atoms with Crippen LogP contribution >= 0.6 is 0 Å². The molecule has 0 radical (unpaired) electrons. The summed E-state index contributed by atoms with van der Waals surface area (Å²) < 4.78 is 38.9. The number of imidazole rings is 1. The van der Waals surface area contributed by atoms with Gasteiger partial charge in [-0.3, -0.25) is 4.40 Å². The topological polar surface area (TPSA) is 123 Å². The highest BCUT2D eigenvalue weighted by Gasteiger charge is 2.17. The number of phenolic OH excluding ortho intramolecular Hbond substituents is 1. The van der Waals surface area contributed by atoms with E-state index in [2.05, 4.69) is 15.3 Å². The Kier molecular flexibility index (Phi) is 4.88. The van der Waals surface area contributed by atoms with Crippen LogP contribution in [0.3, 0.4) is 0 Å². The van der Waals surface area contributed by atoms with Crippen LogP contribution in [0.5, 0.6) is 5.75 Å². The number of aromatic nitrogens is 3. The smallest absolute Gasteiger partial charge is 0.238 e. The van der Waals surface area contributed by atoms with Crippen LogP contribution in [0.25, 0.3) is 16.9 Å². The van der Waals surface area contributed by atoms with E-state index < -0.39 is 15.8 Å². The van der Waals surface area contributed by atoms with Gasteiger partial charge in [0.15, 0.2) is 11.5 Å². The van der Waals surface area contributed by atoms with Crippen LogP contribution in [0.4, 0.5) is 10.2 Å². The zero-order valence-electron chi connectivity index (χ0n) is 15.9. The lowest BCUT2D eigenvalue weighted by Gasteiger charge is -2.09. The van der Waals surface area contributed by atoms with E-state index in [1.165, 1.54) is 24.3 Å². The van der Waals surface area contributed by atoms with Crippen LogP contribution < -0.4 is 10.5 Å². The second-order valence-corrected chi connectivity index (χ2v) is 8.28. The van der Waals surface area contributed by atoms with E-state index in [1.807, 2.05) is 0 Å². The second kappa shape index (κ2) is 7.39. The van der Waals surface area contributed by atoms with Crippen LogP contribution in [0.15, 0.2) is 59.8 Å². The summed E-state index contributed by atoms with van der Waals surface area (Å²) in [5.74, 6) is -0.220. The summed E-state index contributed by atoms with van der Waals surface area (Å²) in [4.78, 5) is 8.88. The van der Waals surface area contributed by atoms with Gasteiger partial charge in [0.05, 0.1) is 16.3 Å². The highest BCUT2D eigenvalue weighted by molar-refractivity contribution is 7.89. The monoisotopic (exact) mass is 427 g/mol. The van der Waals surface area contributed by atoms with Gasteiger partial charge in [-0.2, -0.15) is 0 Å². The van der Waals surface area contributed by atoms with Gasteiger partial charge in [-0.15, -0.1) is 0 Å². The number of hydrogen-bond acceptors (Lipinski definition) is 6. The normalized spacial score (nSPS) is 11.7. The van der Waals surface area contributed by atoms with Gasteiger partial charge < -0.3 is 10.4 Å². The SMILES string of the molecule is Cc1nc2c(NCc3ccc(S(N)(=O)=O)cc3)nccn2c1-c1ccc(O)cc1F. The summed E-state index contributed by atoms with van der Waals surface area (Å²) in [6.45, 7) is 2.14. The fourth-order valence-electron chi connectivity index (χ4n) is 3.22. The highest BCUT2D eigenvalue weighted by Crippen LogP contribution is 2.30. The highest BCUT2D eigenvalue weighted by atomic mass is 32.2. The number of primary sulfonamides is 1. The number of nitrogens with two attached hydrogens (primary N) is 1. The van der Waals surface area contributed by atoms with E-state index >= 15 is 0 Å². The first-order chi connectivity index (χ1) is 14.2. The Morgan fingerprint density at radius 3 is 2.60 bits per heavy atom. The molecule has 2 heterocycles. The largest absolute Gasteiger partial charge is 0.508 e. The molecule has 0 saturated heterocycles. The number of phenols is 1. The minimum Gasteiger partial charge on any atom is -0.508 e. The van der Waals surface area contributed by atoms with Gasteiger partial charge in [0, 0.05) is 30.6 Å². The van der Waals surface area contributed by atoms with Gasteiger partial charge in [0.1, 0.15) is 11.6 Å². The standard InChI is InChI=1S/C20H18FN5O3S/c1-12-18(16-7-4-14(27)10-17(16)21)26-9-8-23-19(20(26)25-12)24-11-13-2-5-15(6-3-13)30(22,28)29/h2-10,27H,11H2,1H3,(H,23,24)(H2,22,28,29). The minimum absolute atomic E-state index is 0.0379. The van der Waals surface area contributed by atoms with Gasteiger partial charge in [0.25, 0.3) is 0 Å². The molecule has 30 heavy (non-hydrogen) atoms. The first-order valence-corrected chi connectivity index (χ1v) is 10.5. The fraction of sp³-hybridized carbons (Fsp3) is 0.100. The summed E-state index contributed by atoms with van der Waals surface area (Å²) >= 11 is 0. The van der Waals surface area contributed by atoms with Crippen LogP contribution in [0.2, 0.25) is 0 Å². The van der Waals surface area contributed by atoms with Crippen molar-refractivity contribution in [1.82, 2.24) is 14.4 Å². The molecule has 0 bridgehead atoms. The van der Waals surface area contributed by atoms with Crippen molar-refractivity contribution in [3.05, 3.63) is 71.9 Å². The summed E-state index contributed by atoms with van der Waals surface area (Å²) in [6, 6.07) is 10.2. The van der Waals surface area contributed by atoms with E-state index in [-0.39, 0.29) is 10.6 Å². The first kappa shape index (κ1) is 19.8. The van der Waals surface area contributed by atoms with Crippen LogP contribution in [0, 0.1) is 12.7 Å². The molecule has 4 rings (SSSR count). The number of rotatable bonds is 5. The third kappa shape index (κ3) is 3.70. The Hall–Kier alpha value is -3.50. The molecular weight excluding hydrogens is 409 g/mol. The lowest BCUT2D eigenvalue weighted by atomic mass is 10.1. The number of anilines is 1. The number of aromatic hydroxyl groups is 1. The molecule has 0 aliphatic carbocycles. The van der Waals surface area contributed by atoms with E-state index in [1.54, 1.807) is 35.9 Å². The Bertz CT molecular complexity index is 1350. The quantitative estimate of drug-likeness (QED) is 0.450. The van der Waals surface area contributed by atoms with Gasteiger partial charge in [0.2, 0.25) is 10.0 Å². The molecule has 0 amide bonds. The van der Waals surface area contributed by atoms with E-state index in [9.17, 15) is 17.9 Å². The molecule has 0 aliphatic heterocycles. The maximum Gasteiger partial charge on any atom is 0.238 e. The summed E-state index contributed by atoms with van der Waals surface area (Å²) in [7, 11) is -3.74. The Labute approximate surface area is 171 Å². The molecule has 0 fully saturated rings. The number of nitrogens with zero attached hydrogens (tertiary/aromatic N) is 3. The molecule has 8 nitrogen and oxygen atoms in total.